The van der Waals surface area contributed by atoms with E-state index in [1.165, 1.54) is 0 Å². The van der Waals surface area contributed by atoms with Gasteiger partial charge in [0, 0.05) is 25.5 Å². The zero-order valence-corrected chi connectivity index (χ0v) is 14.9. The molecule has 1 saturated heterocycles. The molecule has 2 aromatic rings. The van der Waals surface area contributed by atoms with Crippen LogP contribution in [0.1, 0.15) is 18.4 Å². The molecule has 0 saturated carbocycles. The van der Waals surface area contributed by atoms with Crippen molar-refractivity contribution in [1.29, 1.82) is 0 Å². The van der Waals surface area contributed by atoms with E-state index in [0.29, 0.717) is 12.8 Å². The summed E-state index contributed by atoms with van der Waals surface area (Å²) >= 11 is 0. The first-order chi connectivity index (χ1) is 13.3. The van der Waals surface area contributed by atoms with Crippen LogP contribution in [0.2, 0.25) is 0 Å². The Morgan fingerprint density at radius 1 is 1.25 bits per heavy atom. The van der Waals surface area contributed by atoms with Crippen LogP contribution < -0.4 is 5.32 Å². The van der Waals surface area contributed by atoms with E-state index < -0.39 is 30.8 Å². The Kier molecular flexibility index (Phi) is 5.86. The van der Waals surface area contributed by atoms with Crippen molar-refractivity contribution < 1.29 is 27.5 Å². The highest BCUT2D eigenvalue weighted by molar-refractivity contribution is 5.86. The minimum absolute atomic E-state index is 0.179. The largest absolute Gasteiger partial charge is 0.440 e. The molecule has 1 aliphatic heterocycles. The Morgan fingerprint density at radius 3 is 2.75 bits per heavy atom. The van der Waals surface area contributed by atoms with Gasteiger partial charge in [0.05, 0.1) is 5.69 Å². The maximum Gasteiger partial charge on any atom is 0.422 e. The van der Waals surface area contributed by atoms with E-state index in [4.69, 9.17) is 0 Å². The number of aromatic nitrogens is 2. The third kappa shape index (κ3) is 4.81. The van der Waals surface area contributed by atoms with E-state index in [1.54, 1.807) is 23.1 Å². The van der Waals surface area contributed by atoms with E-state index in [1.807, 2.05) is 24.3 Å². The summed E-state index contributed by atoms with van der Waals surface area (Å²) in [7, 11) is 0. The molecular weight excluding hydrogens is 377 g/mol. The zero-order valence-electron chi connectivity index (χ0n) is 14.9. The molecule has 1 aromatic carbocycles. The molecule has 1 aliphatic rings. The second-order valence-electron chi connectivity index (χ2n) is 6.32. The smallest absolute Gasteiger partial charge is 0.422 e. The van der Waals surface area contributed by atoms with Crippen LogP contribution in [0.3, 0.4) is 0 Å². The summed E-state index contributed by atoms with van der Waals surface area (Å²) in [6, 6.07) is 8.28. The predicted octanol–water partition coefficient (Wildman–Crippen LogP) is 2.65. The molecule has 28 heavy (non-hydrogen) atoms. The number of nitrogens with zero attached hydrogens (tertiary/aromatic N) is 3. The molecule has 1 aromatic heterocycles. The lowest BCUT2D eigenvalue weighted by atomic mass is 10.1. The second kappa shape index (κ2) is 8.32. The highest BCUT2D eigenvalue weighted by atomic mass is 19.4. The Bertz CT molecular complexity index is 824. The van der Waals surface area contributed by atoms with E-state index in [-0.39, 0.29) is 13.1 Å². The van der Waals surface area contributed by atoms with Gasteiger partial charge in [-0.1, -0.05) is 18.2 Å². The number of hydrogen-bond donors (Lipinski definition) is 1. The first-order valence-electron chi connectivity index (χ1n) is 8.71. The maximum atomic E-state index is 12.5. The Hall–Kier alpha value is -3.04. The monoisotopic (exact) mass is 396 g/mol. The summed E-state index contributed by atoms with van der Waals surface area (Å²) in [6.07, 6.45) is -1.44. The molecule has 0 radical (unpaired) electrons. The van der Waals surface area contributed by atoms with Crippen molar-refractivity contribution in [3.8, 4) is 5.69 Å². The minimum atomic E-state index is -4.61. The third-order valence-electron chi connectivity index (χ3n) is 4.35. The number of benzene rings is 1. The normalized spacial score (nSPS) is 16.8. The number of alkyl halides is 3. The van der Waals surface area contributed by atoms with E-state index >= 15 is 0 Å². The SMILES string of the molecule is O=C(NCc1ccccc1-n1cccn1)C1CCCN1C(=O)OCC(F)(F)F. The van der Waals surface area contributed by atoms with E-state index in [0.717, 1.165) is 16.2 Å². The van der Waals surface area contributed by atoms with E-state index in [9.17, 15) is 22.8 Å². The molecule has 1 N–H and O–H groups in total. The number of rotatable bonds is 5. The van der Waals surface area contributed by atoms with Crippen LogP contribution in [-0.4, -0.2) is 52.1 Å². The van der Waals surface area contributed by atoms with E-state index in [2.05, 4.69) is 15.2 Å². The molecule has 1 atom stereocenters. The average Bonchev–Trinajstić information content (AvgIpc) is 3.35. The zero-order chi connectivity index (χ0) is 20.1. The van der Waals surface area contributed by atoms with Gasteiger partial charge >= 0.3 is 12.3 Å². The fraction of sp³-hybridized carbons (Fsp3) is 0.389. The number of carbonyl (C=O) groups is 2. The number of halogens is 3. The summed E-state index contributed by atoms with van der Waals surface area (Å²) in [5, 5.41) is 6.92. The first kappa shape index (κ1) is 19.7. The number of ether oxygens (including phenoxy) is 1. The quantitative estimate of drug-likeness (QED) is 0.843. The lowest BCUT2D eigenvalue weighted by Gasteiger charge is -2.23. The summed E-state index contributed by atoms with van der Waals surface area (Å²) in [4.78, 5) is 25.5. The average molecular weight is 396 g/mol. The predicted molar refractivity (Wildman–Crippen MR) is 92.5 cm³/mol. The van der Waals surface area contributed by atoms with Crippen molar-refractivity contribution in [2.24, 2.45) is 0 Å². The van der Waals surface area contributed by atoms with Crippen molar-refractivity contribution in [2.75, 3.05) is 13.2 Å². The molecule has 2 amide bonds. The maximum absolute atomic E-state index is 12.5. The Morgan fingerprint density at radius 2 is 2.04 bits per heavy atom. The molecule has 10 heteroatoms. The van der Waals surface area contributed by atoms with Crippen molar-refractivity contribution in [2.45, 2.75) is 31.6 Å². The van der Waals surface area contributed by atoms with Gasteiger partial charge in [-0.25, -0.2) is 9.48 Å². The van der Waals surface area contributed by atoms with Crippen LogP contribution in [0.15, 0.2) is 42.7 Å². The van der Waals surface area contributed by atoms with Gasteiger partial charge in [0.2, 0.25) is 5.91 Å². The van der Waals surface area contributed by atoms with Crippen LogP contribution in [0.5, 0.6) is 0 Å². The minimum Gasteiger partial charge on any atom is -0.440 e. The number of carbonyl (C=O) groups excluding carboxylic acids is 2. The number of nitrogens with one attached hydrogen (secondary N) is 1. The van der Waals surface area contributed by atoms with Gasteiger partial charge in [-0.05, 0) is 30.5 Å². The van der Waals surface area contributed by atoms with Crippen LogP contribution in [0, 0.1) is 0 Å². The number of likely N-dealkylation sites (tertiary alicyclic amines) is 1. The summed E-state index contributed by atoms with van der Waals surface area (Å²) in [5.74, 6) is -0.434. The molecule has 1 unspecified atom stereocenters. The molecule has 3 rings (SSSR count). The molecule has 150 valence electrons. The lowest BCUT2D eigenvalue weighted by Crippen LogP contribution is -2.46. The second-order valence-corrected chi connectivity index (χ2v) is 6.32. The highest BCUT2D eigenvalue weighted by Crippen LogP contribution is 2.21. The van der Waals surface area contributed by atoms with Crippen molar-refractivity contribution in [3.63, 3.8) is 0 Å². The van der Waals surface area contributed by atoms with Gasteiger partial charge in [0.15, 0.2) is 6.61 Å². The molecule has 0 spiro atoms. The van der Waals surface area contributed by atoms with Crippen LogP contribution in [-0.2, 0) is 16.1 Å². The molecule has 0 aliphatic carbocycles. The van der Waals surface area contributed by atoms with Gasteiger partial charge in [0.1, 0.15) is 6.04 Å². The number of hydrogen-bond acceptors (Lipinski definition) is 4. The van der Waals surface area contributed by atoms with Crippen molar-refractivity contribution >= 4 is 12.0 Å². The number of amides is 2. The van der Waals surface area contributed by atoms with Crippen LogP contribution in [0.25, 0.3) is 5.69 Å². The molecule has 7 nitrogen and oxygen atoms in total. The Balaban J connectivity index is 1.61. The van der Waals surface area contributed by atoms with Gasteiger partial charge in [0.25, 0.3) is 0 Å². The fourth-order valence-electron chi connectivity index (χ4n) is 3.08. The number of para-hydroxylation sites is 1. The van der Waals surface area contributed by atoms with Gasteiger partial charge in [-0.2, -0.15) is 18.3 Å². The summed E-state index contributed by atoms with van der Waals surface area (Å²) in [6.45, 7) is -1.30. The van der Waals surface area contributed by atoms with Gasteiger partial charge in [-0.3, -0.25) is 9.69 Å². The topological polar surface area (TPSA) is 76.5 Å². The molecule has 0 bridgehead atoms. The molecular formula is C18H19F3N4O3. The third-order valence-corrected chi connectivity index (χ3v) is 4.35. The molecule has 2 heterocycles. The van der Waals surface area contributed by atoms with Crippen molar-refractivity contribution in [1.82, 2.24) is 20.0 Å². The highest BCUT2D eigenvalue weighted by Gasteiger charge is 2.37. The summed E-state index contributed by atoms with van der Waals surface area (Å²) in [5.41, 5.74) is 1.60. The van der Waals surface area contributed by atoms with Crippen LogP contribution >= 0.6 is 0 Å². The van der Waals surface area contributed by atoms with Crippen LogP contribution in [0.4, 0.5) is 18.0 Å². The van der Waals surface area contributed by atoms with Gasteiger partial charge < -0.3 is 10.1 Å². The molecule has 1 fully saturated rings. The standard InChI is InChI=1S/C18H19F3N4O3/c19-18(20,21)12-28-17(27)24-9-3-7-15(24)16(26)22-11-13-5-1-2-6-14(13)25-10-4-8-23-25/h1-2,4-6,8,10,15H,3,7,9,11-12H2,(H,22,26). The first-order valence-corrected chi connectivity index (χ1v) is 8.71. The lowest BCUT2D eigenvalue weighted by molar-refractivity contribution is -0.162. The van der Waals surface area contributed by atoms with Crippen molar-refractivity contribution in [3.05, 3.63) is 48.3 Å². The van der Waals surface area contributed by atoms with Gasteiger partial charge in [-0.15, -0.1) is 0 Å². The fourth-order valence-corrected chi connectivity index (χ4v) is 3.08. The Labute approximate surface area is 159 Å². The summed E-state index contributed by atoms with van der Waals surface area (Å²) < 4.78 is 42.7.